The Bertz CT molecular complexity index is 305. The van der Waals surface area contributed by atoms with Gasteiger partial charge in [0.2, 0.25) is 0 Å². The van der Waals surface area contributed by atoms with Crippen LogP contribution in [0.1, 0.15) is 71.1 Å². The molecule has 0 aromatic carbocycles. The first-order valence-corrected chi connectivity index (χ1v) is 8.57. The average Bonchev–Trinajstić information content (AvgIpc) is 2.90. The van der Waals surface area contributed by atoms with Crippen molar-refractivity contribution in [3.63, 3.8) is 0 Å². The van der Waals surface area contributed by atoms with Crippen LogP contribution in [0.4, 0.5) is 0 Å². The van der Waals surface area contributed by atoms with Crippen molar-refractivity contribution in [1.29, 1.82) is 0 Å². The lowest BCUT2D eigenvalue weighted by molar-refractivity contribution is -0.125. The maximum absolute atomic E-state index is 12.7. The van der Waals surface area contributed by atoms with Gasteiger partial charge >= 0.3 is 0 Å². The van der Waals surface area contributed by atoms with Crippen LogP contribution in [0.2, 0.25) is 0 Å². The van der Waals surface area contributed by atoms with Crippen molar-refractivity contribution in [1.82, 2.24) is 5.32 Å². The van der Waals surface area contributed by atoms with E-state index in [4.69, 9.17) is 0 Å². The summed E-state index contributed by atoms with van der Waals surface area (Å²) in [6, 6.07) is 0.867. The molecule has 3 aliphatic rings. The van der Waals surface area contributed by atoms with Crippen molar-refractivity contribution < 1.29 is 4.79 Å². The Kier molecular flexibility index (Phi) is 4.26. The van der Waals surface area contributed by atoms with Crippen LogP contribution in [0.3, 0.4) is 0 Å². The van der Waals surface area contributed by atoms with Crippen molar-refractivity contribution in [2.45, 2.75) is 83.2 Å². The fourth-order valence-electron chi connectivity index (χ4n) is 4.68. The molecule has 0 amide bonds. The van der Waals surface area contributed by atoms with Gasteiger partial charge in [-0.25, -0.2) is 0 Å². The summed E-state index contributed by atoms with van der Waals surface area (Å²) in [5.41, 5.74) is 0. The fraction of sp³-hybridized carbons (Fsp3) is 0.941. The van der Waals surface area contributed by atoms with Crippen LogP contribution >= 0.6 is 0 Å². The van der Waals surface area contributed by atoms with E-state index in [9.17, 15) is 4.79 Å². The molecule has 0 aromatic heterocycles. The molecule has 3 rings (SSSR count). The minimum absolute atomic E-state index is 0.205. The molecule has 0 bridgehead atoms. The van der Waals surface area contributed by atoms with E-state index in [-0.39, 0.29) is 6.04 Å². The highest BCUT2D eigenvalue weighted by molar-refractivity contribution is 5.86. The topological polar surface area (TPSA) is 29.1 Å². The molecule has 3 unspecified atom stereocenters. The number of hydrogen-bond donors (Lipinski definition) is 1. The number of carbonyl (C=O) groups is 1. The van der Waals surface area contributed by atoms with E-state index in [1.165, 1.54) is 44.9 Å². The fourth-order valence-corrected chi connectivity index (χ4v) is 4.68. The molecule has 2 heteroatoms. The van der Waals surface area contributed by atoms with Crippen molar-refractivity contribution in [3.8, 4) is 0 Å². The first-order valence-electron chi connectivity index (χ1n) is 8.57. The molecular formula is C17H29NO. The highest BCUT2D eigenvalue weighted by atomic mass is 16.1. The number of nitrogens with one attached hydrogen (secondary N) is 1. The van der Waals surface area contributed by atoms with Crippen LogP contribution in [-0.2, 0) is 4.79 Å². The van der Waals surface area contributed by atoms with Crippen LogP contribution in [0.5, 0.6) is 0 Å². The Morgan fingerprint density at radius 1 is 1.05 bits per heavy atom. The molecule has 1 heterocycles. The lowest BCUT2D eigenvalue weighted by Crippen LogP contribution is -2.40. The molecule has 1 saturated heterocycles. The van der Waals surface area contributed by atoms with E-state index in [1.807, 2.05) is 0 Å². The average molecular weight is 263 g/mol. The van der Waals surface area contributed by atoms with Crippen LogP contribution in [0.25, 0.3) is 0 Å². The first kappa shape index (κ1) is 13.6. The Morgan fingerprint density at radius 2 is 1.79 bits per heavy atom. The summed E-state index contributed by atoms with van der Waals surface area (Å²) in [4.78, 5) is 12.7. The van der Waals surface area contributed by atoms with Crippen LogP contribution in [-0.4, -0.2) is 17.9 Å². The van der Waals surface area contributed by atoms with Gasteiger partial charge in [0.25, 0.3) is 0 Å². The lowest BCUT2D eigenvalue weighted by Gasteiger charge is -2.28. The summed E-state index contributed by atoms with van der Waals surface area (Å²) < 4.78 is 0. The van der Waals surface area contributed by atoms with Gasteiger partial charge in [0, 0.05) is 12.0 Å². The number of rotatable bonds is 3. The van der Waals surface area contributed by atoms with Gasteiger partial charge in [0.15, 0.2) is 5.78 Å². The zero-order valence-corrected chi connectivity index (χ0v) is 12.4. The quantitative estimate of drug-likeness (QED) is 0.841. The van der Waals surface area contributed by atoms with E-state index in [1.54, 1.807) is 0 Å². The summed E-state index contributed by atoms with van der Waals surface area (Å²) in [5.74, 6) is 2.63. The van der Waals surface area contributed by atoms with Crippen LogP contribution in [0.15, 0.2) is 0 Å². The van der Waals surface area contributed by atoms with Gasteiger partial charge in [0.05, 0.1) is 6.04 Å². The third kappa shape index (κ3) is 2.89. The molecule has 1 aliphatic heterocycles. The standard InChI is InChI=1S/C17H29NO/c1-2-12-7-9-13(10-8-12)17(19)16-11-14-5-3-4-6-15(14)18-16/h12-16,18H,2-11H2,1H3. The largest absolute Gasteiger partial charge is 0.304 e. The van der Waals surface area contributed by atoms with Crippen molar-refractivity contribution in [2.24, 2.45) is 17.8 Å². The van der Waals surface area contributed by atoms with Crippen LogP contribution < -0.4 is 5.32 Å². The smallest absolute Gasteiger partial charge is 0.152 e. The molecule has 2 nitrogen and oxygen atoms in total. The highest BCUT2D eigenvalue weighted by Crippen LogP contribution is 2.37. The van der Waals surface area contributed by atoms with Gasteiger partial charge in [-0.3, -0.25) is 4.79 Å². The van der Waals surface area contributed by atoms with Gasteiger partial charge in [-0.15, -0.1) is 0 Å². The number of fused-ring (bicyclic) bond motifs is 1. The Labute approximate surface area is 117 Å². The molecule has 0 spiro atoms. The third-order valence-electron chi connectivity index (χ3n) is 6.03. The maximum Gasteiger partial charge on any atom is 0.152 e. The zero-order valence-electron chi connectivity index (χ0n) is 12.4. The molecule has 19 heavy (non-hydrogen) atoms. The van der Waals surface area contributed by atoms with E-state index in [0.717, 1.165) is 31.1 Å². The zero-order chi connectivity index (χ0) is 13.2. The molecule has 108 valence electrons. The van der Waals surface area contributed by atoms with Gasteiger partial charge in [-0.2, -0.15) is 0 Å². The van der Waals surface area contributed by atoms with E-state index in [0.29, 0.717) is 17.7 Å². The van der Waals surface area contributed by atoms with Gasteiger partial charge in [-0.05, 0) is 56.8 Å². The highest BCUT2D eigenvalue weighted by Gasteiger charge is 2.40. The van der Waals surface area contributed by atoms with E-state index < -0.39 is 0 Å². The Balaban J connectivity index is 1.53. The second-order valence-corrected chi connectivity index (χ2v) is 7.13. The van der Waals surface area contributed by atoms with Crippen LogP contribution in [0, 0.1) is 17.8 Å². The van der Waals surface area contributed by atoms with E-state index >= 15 is 0 Å². The molecule has 1 N–H and O–H groups in total. The first-order chi connectivity index (χ1) is 9.28. The minimum atomic E-state index is 0.205. The minimum Gasteiger partial charge on any atom is -0.304 e. The number of carbonyl (C=O) groups excluding carboxylic acids is 1. The second-order valence-electron chi connectivity index (χ2n) is 7.13. The third-order valence-corrected chi connectivity index (χ3v) is 6.03. The number of hydrogen-bond acceptors (Lipinski definition) is 2. The summed E-state index contributed by atoms with van der Waals surface area (Å²) in [5, 5.41) is 3.67. The lowest BCUT2D eigenvalue weighted by atomic mass is 9.77. The van der Waals surface area contributed by atoms with Crippen molar-refractivity contribution >= 4 is 5.78 Å². The molecule has 0 radical (unpaired) electrons. The normalized spacial score (nSPS) is 42.9. The van der Waals surface area contributed by atoms with E-state index in [2.05, 4.69) is 12.2 Å². The SMILES string of the molecule is CCC1CCC(C(=O)C2CC3CCCCC3N2)CC1. The summed E-state index contributed by atoms with van der Waals surface area (Å²) in [6.07, 6.45) is 12.7. The molecule has 2 saturated carbocycles. The Morgan fingerprint density at radius 3 is 2.47 bits per heavy atom. The monoisotopic (exact) mass is 263 g/mol. The van der Waals surface area contributed by atoms with Crippen molar-refractivity contribution in [3.05, 3.63) is 0 Å². The van der Waals surface area contributed by atoms with Gasteiger partial charge in [0.1, 0.15) is 0 Å². The maximum atomic E-state index is 12.7. The number of ketones is 1. The predicted octanol–water partition coefficient (Wildman–Crippen LogP) is 3.69. The van der Waals surface area contributed by atoms with Crippen molar-refractivity contribution in [2.75, 3.05) is 0 Å². The van der Waals surface area contributed by atoms with Gasteiger partial charge < -0.3 is 5.32 Å². The predicted molar refractivity (Wildman–Crippen MR) is 78.0 cm³/mol. The Hall–Kier alpha value is -0.370. The number of Topliss-reactive ketones (excluding diaryl/α,β-unsaturated/α-hetero) is 1. The molecule has 3 atom stereocenters. The molecule has 2 aliphatic carbocycles. The summed E-state index contributed by atoms with van der Waals surface area (Å²) in [7, 11) is 0. The molecular weight excluding hydrogens is 234 g/mol. The second kappa shape index (κ2) is 5.95. The summed E-state index contributed by atoms with van der Waals surface area (Å²) in [6.45, 7) is 2.29. The summed E-state index contributed by atoms with van der Waals surface area (Å²) >= 11 is 0. The van der Waals surface area contributed by atoms with Gasteiger partial charge in [-0.1, -0.05) is 26.2 Å². The molecule has 3 fully saturated rings. The molecule has 0 aromatic rings.